The molecule has 0 aliphatic carbocycles. The van der Waals surface area contributed by atoms with E-state index in [-0.39, 0.29) is 5.89 Å². The normalized spacial score (nSPS) is 12.3. The maximum atomic E-state index is 12.6. The van der Waals surface area contributed by atoms with Crippen LogP contribution in [0.4, 0.5) is 0 Å². The van der Waals surface area contributed by atoms with Gasteiger partial charge in [-0.25, -0.2) is 4.79 Å². The molecule has 0 amide bonds. The SMILES string of the molecule is Cc1cccc(-c2nnc([C@H](C)OC(=O)c3sc4ccccc4c3Cl)o2)c1. The Hall–Kier alpha value is -2.70. The summed E-state index contributed by atoms with van der Waals surface area (Å²) in [4.78, 5) is 12.9. The highest BCUT2D eigenvalue weighted by molar-refractivity contribution is 7.21. The van der Waals surface area contributed by atoms with Crippen LogP contribution < -0.4 is 0 Å². The number of aromatic nitrogens is 2. The molecule has 5 nitrogen and oxygen atoms in total. The molecule has 0 aliphatic heterocycles. The van der Waals surface area contributed by atoms with Crippen molar-refractivity contribution in [2.75, 3.05) is 0 Å². The van der Waals surface area contributed by atoms with Crippen molar-refractivity contribution in [1.82, 2.24) is 10.2 Å². The van der Waals surface area contributed by atoms with Crippen molar-refractivity contribution in [3.05, 3.63) is 69.9 Å². The smallest absolute Gasteiger partial charge is 0.350 e. The average Bonchev–Trinajstić information content (AvgIpc) is 3.28. The Bertz CT molecular complexity index is 1140. The molecule has 27 heavy (non-hydrogen) atoms. The summed E-state index contributed by atoms with van der Waals surface area (Å²) in [5.41, 5.74) is 1.91. The highest BCUT2D eigenvalue weighted by Gasteiger charge is 2.24. The van der Waals surface area contributed by atoms with Gasteiger partial charge in [0, 0.05) is 15.6 Å². The molecule has 0 fully saturated rings. The fourth-order valence-electron chi connectivity index (χ4n) is 2.70. The van der Waals surface area contributed by atoms with Crippen LogP contribution >= 0.6 is 22.9 Å². The summed E-state index contributed by atoms with van der Waals surface area (Å²) in [6.45, 7) is 3.67. The molecule has 4 aromatic rings. The van der Waals surface area contributed by atoms with Crippen LogP contribution in [0.5, 0.6) is 0 Å². The van der Waals surface area contributed by atoms with E-state index in [0.717, 1.165) is 21.2 Å². The Labute approximate surface area is 164 Å². The molecule has 0 radical (unpaired) electrons. The molecule has 7 heteroatoms. The number of hydrogen-bond acceptors (Lipinski definition) is 6. The third-order valence-electron chi connectivity index (χ3n) is 4.06. The van der Waals surface area contributed by atoms with Gasteiger partial charge in [0.15, 0.2) is 6.10 Å². The van der Waals surface area contributed by atoms with E-state index in [1.807, 2.05) is 55.5 Å². The summed E-state index contributed by atoms with van der Waals surface area (Å²) in [6, 6.07) is 15.3. The lowest BCUT2D eigenvalue weighted by Crippen LogP contribution is -2.08. The molecule has 0 unspecified atom stereocenters. The van der Waals surface area contributed by atoms with Gasteiger partial charge in [0.2, 0.25) is 5.89 Å². The van der Waals surface area contributed by atoms with E-state index in [0.29, 0.717) is 15.8 Å². The first-order chi connectivity index (χ1) is 13.0. The third kappa shape index (κ3) is 3.46. The van der Waals surface area contributed by atoms with Crippen LogP contribution in [0.15, 0.2) is 52.9 Å². The maximum Gasteiger partial charge on any atom is 0.350 e. The van der Waals surface area contributed by atoms with Crippen molar-refractivity contribution in [3.8, 4) is 11.5 Å². The number of carbonyl (C=O) groups excluding carboxylic acids is 1. The van der Waals surface area contributed by atoms with Crippen LogP contribution in [0.2, 0.25) is 5.02 Å². The molecule has 0 aliphatic rings. The zero-order chi connectivity index (χ0) is 19.0. The molecule has 0 spiro atoms. The van der Waals surface area contributed by atoms with Gasteiger partial charge in [0.05, 0.1) is 5.02 Å². The summed E-state index contributed by atoms with van der Waals surface area (Å²) in [5, 5.41) is 9.30. The Morgan fingerprint density at radius 1 is 1.19 bits per heavy atom. The molecule has 0 saturated carbocycles. The monoisotopic (exact) mass is 398 g/mol. The number of benzene rings is 2. The Morgan fingerprint density at radius 3 is 2.78 bits per heavy atom. The third-order valence-corrected chi connectivity index (χ3v) is 5.71. The van der Waals surface area contributed by atoms with E-state index in [1.165, 1.54) is 11.3 Å². The lowest BCUT2D eigenvalue weighted by atomic mass is 10.1. The largest absolute Gasteiger partial charge is 0.448 e. The van der Waals surface area contributed by atoms with Crippen molar-refractivity contribution in [1.29, 1.82) is 0 Å². The van der Waals surface area contributed by atoms with Crippen molar-refractivity contribution in [3.63, 3.8) is 0 Å². The van der Waals surface area contributed by atoms with Crippen molar-refractivity contribution < 1.29 is 13.9 Å². The van der Waals surface area contributed by atoms with Gasteiger partial charge in [0.1, 0.15) is 4.88 Å². The molecule has 136 valence electrons. The van der Waals surface area contributed by atoms with E-state index >= 15 is 0 Å². The first-order valence-corrected chi connectivity index (χ1v) is 9.51. The maximum absolute atomic E-state index is 12.6. The molecule has 0 bridgehead atoms. The number of ether oxygens (including phenoxy) is 1. The molecule has 2 heterocycles. The standard InChI is InChI=1S/C20H15ClN2O3S/c1-11-6-5-7-13(10-11)19-23-22-18(26-19)12(2)25-20(24)17-16(21)14-8-3-4-9-15(14)27-17/h3-10,12H,1-2H3/t12-/m0/s1. The first kappa shape index (κ1) is 17.7. The Balaban J connectivity index is 1.54. The highest BCUT2D eigenvalue weighted by Crippen LogP contribution is 2.36. The second-order valence-corrected chi connectivity index (χ2v) is 7.53. The number of esters is 1. The molecule has 2 aromatic carbocycles. The van der Waals surface area contributed by atoms with E-state index in [4.69, 9.17) is 20.8 Å². The number of aryl methyl sites for hydroxylation is 1. The van der Waals surface area contributed by atoms with Gasteiger partial charge < -0.3 is 9.15 Å². The minimum absolute atomic E-state index is 0.233. The highest BCUT2D eigenvalue weighted by atomic mass is 35.5. The minimum atomic E-state index is -0.690. The van der Waals surface area contributed by atoms with Crippen LogP contribution in [0.25, 0.3) is 21.5 Å². The van der Waals surface area contributed by atoms with E-state index in [1.54, 1.807) is 6.92 Å². The number of carbonyl (C=O) groups is 1. The van der Waals surface area contributed by atoms with Gasteiger partial charge in [0.25, 0.3) is 5.89 Å². The summed E-state index contributed by atoms with van der Waals surface area (Å²) >= 11 is 7.64. The van der Waals surface area contributed by atoms with Crippen molar-refractivity contribution in [2.24, 2.45) is 0 Å². The van der Waals surface area contributed by atoms with Crippen LogP contribution in [0.1, 0.15) is 34.2 Å². The first-order valence-electron chi connectivity index (χ1n) is 8.31. The van der Waals surface area contributed by atoms with Gasteiger partial charge in [-0.05, 0) is 32.0 Å². The van der Waals surface area contributed by atoms with Gasteiger partial charge in [-0.1, -0.05) is 47.5 Å². The van der Waals surface area contributed by atoms with E-state index in [2.05, 4.69) is 10.2 Å². The van der Waals surface area contributed by atoms with E-state index < -0.39 is 12.1 Å². The Kier molecular flexibility index (Phi) is 4.68. The second-order valence-electron chi connectivity index (χ2n) is 6.10. The van der Waals surface area contributed by atoms with Crippen molar-refractivity contribution in [2.45, 2.75) is 20.0 Å². The van der Waals surface area contributed by atoms with Gasteiger partial charge in [-0.3, -0.25) is 0 Å². The van der Waals surface area contributed by atoms with Crippen LogP contribution in [-0.4, -0.2) is 16.2 Å². The predicted molar refractivity (Wildman–Crippen MR) is 105 cm³/mol. The molecular weight excluding hydrogens is 384 g/mol. The van der Waals surface area contributed by atoms with Gasteiger partial charge in [-0.2, -0.15) is 0 Å². The topological polar surface area (TPSA) is 65.2 Å². The molecule has 2 aromatic heterocycles. The second kappa shape index (κ2) is 7.13. The minimum Gasteiger partial charge on any atom is -0.448 e. The predicted octanol–water partition coefficient (Wildman–Crippen LogP) is 5.83. The summed E-state index contributed by atoms with van der Waals surface area (Å²) in [5.74, 6) is 0.109. The zero-order valence-corrected chi connectivity index (χ0v) is 16.2. The molecule has 0 N–H and O–H groups in total. The lowest BCUT2D eigenvalue weighted by Gasteiger charge is -2.08. The number of thiophene rings is 1. The van der Waals surface area contributed by atoms with Crippen LogP contribution in [0, 0.1) is 6.92 Å². The number of hydrogen-bond donors (Lipinski definition) is 0. The quantitative estimate of drug-likeness (QED) is 0.404. The number of halogens is 1. The fourth-order valence-corrected chi connectivity index (χ4v) is 4.09. The molecule has 1 atom stereocenters. The summed E-state index contributed by atoms with van der Waals surface area (Å²) < 4.78 is 12.1. The zero-order valence-electron chi connectivity index (χ0n) is 14.6. The van der Waals surface area contributed by atoms with Gasteiger partial charge in [-0.15, -0.1) is 21.5 Å². The summed E-state index contributed by atoms with van der Waals surface area (Å²) in [6.07, 6.45) is -0.690. The van der Waals surface area contributed by atoms with Crippen LogP contribution in [0.3, 0.4) is 0 Å². The number of rotatable bonds is 4. The Morgan fingerprint density at radius 2 is 2.00 bits per heavy atom. The lowest BCUT2D eigenvalue weighted by molar-refractivity contribution is 0.0286. The molecule has 0 saturated heterocycles. The number of fused-ring (bicyclic) bond motifs is 1. The van der Waals surface area contributed by atoms with Crippen molar-refractivity contribution >= 4 is 39.0 Å². The molecular formula is C20H15ClN2O3S. The van der Waals surface area contributed by atoms with E-state index in [9.17, 15) is 4.79 Å². The summed E-state index contributed by atoms with van der Waals surface area (Å²) in [7, 11) is 0. The van der Waals surface area contributed by atoms with Crippen LogP contribution in [-0.2, 0) is 4.74 Å². The number of nitrogens with zero attached hydrogens (tertiary/aromatic N) is 2. The molecule has 4 rings (SSSR count). The van der Waals surface area contributed by atoms with Gasteiger partial charge >= 0.3 is 5.97 Å². The fraction of sp³-hybridized carbons (Fsp3) is 0.150. The average molecular weight is 399 g/mol.